The fraction of sp³-hybridized carbons (Fsp3) is 0.517. The maximum absolute atomic E-state index is 14.8. The van der Waals surface area contributed by atoms with Gasteiger partial charge in [-0.15, -0.1) is 0 Å². The molecule has 1 nitrogen and oxygen atoms in total. The van der Waals surface area contributed by atoms with E-state index in [1.54, 1.807) is 25.1 Å². The maximum Gasteiger partial charge on any atom is 0.166 e. The lowest BCUT2D eigenvalue weighted by Gasteiger charge is -2.27. The Labute approximate surface area is 197 Å². The smallest absolute Gasteiger partial charge is 0.166 e. The number of hydrogen-bond donors (Lipinski definition) is 0. The van der Waals surface area contributed by atoms with Gasteiger partial charge in [0.25, 0.3) is 0 Å². The van der Waals surface area contributed by atoms with Crippen LogP contribution in [0.4, 0.5) is 13.2 Å². The average Bonchev–Trinajstić information content (AvgIpc) is 2.82. The predicted octanol–water partition coefficient (Wildman–Crippen LogP) is 9.14. The minimum absolute atomic E-state index is 0.188. The predicted molar refractivity (Wildman–Crippen MR) is 130 cm³/mol. The zero-order valence-corrected chi connectivity index (χ0v) is 20.0. The van der Waals surface area contributed by atoms with E-state index < -0.39 is 11.6 Å². The summed E-state index contributed by atoms with van der Waals surface area (Å²) in [5.41, 5.74) is 1.35. The van der Waals surface area contributed by atoms with Crippen molar-refractivity contribution in [1.29, 1.82) is 0 Å². The molecular formula is C29H37F3O. The molecule has 0 heterocycles. The molecule has 4 heteroatoms. The number of rotatable bonds is 11. The molecule has 33 heavy (non-hydrogen) atoms. The monoisotopic (exact) mass is 458 g/mol. The van der Waals surface area contributed by atoms with Crippen molar-refractivity contribution in [3.8, 4) is 5.75 Å². The fourth-order valence-corrected chi connectivity index (χ4v) is 4.65. The number of aryl methyl sites for hydroxylation is 1. The molecule has 1 saturated carbocycles. The van der Waals surface area contributed by atoms with Crippen molar-refractivity contribution in [2.75, 3.05) is 6.61 Å². The van der Waals surface area contributed by atoms with E-state index in [2.05, 4.69) is 6.92 Å². The summed E-state index contributed by atoms with van der Waals surface area (Å²) in [5, 5.41) is 0. The molecule has 180 valence electrons. The summed E-state index contributed by atoms with van der Waals surface area (Å²) < 4.78 is 48.3. The molecule has 2 aromatic carbocycles. The van der Waals surface area contributed by atoms with Crippen molar-refractivity contribution in [1.82, 2.24) is 0 Å². The Morgan fingerprint density at radius 3 is 2.33 bits per heavy atom. The van der Waals surface area contributed by atoms with Gasteiger partial charge in [0, 0.05) is 11.6 Å². The van der Waals surface area contributed by atoms with Crippen molar-refractivity contribution in [3.05, 3.63) is 70.5 Å². The molecule has 0 N–H and O–H groups in total. The summed E-state index contributed by atoms with van der Waals surface area (Å²) in [7, 11) is 0. The van der Waals surface area contributed by atoms with E-state index in [1.807, 2.05) is 18.2 Å². The Hall–Kier alpha value is -2.23. The van der Waals surface area contributed by atoms with Crippen LogP contribution in [0, 0.1) is 30.3 Å². The van der Waals surface area contributed by atoms with Crippen molar-refractivity contribution in [2.45, 2.75) is 84.0 Å². The van der Waals surface area contributed by atoms with E-state index in [0.29, 0.717) is 23.8 Å². The van der Waals surface area contributed by atoms with Crippen molar-refractivity contribution in [3.63, 3.8) is 0 Å². The first-order valence-corrected chi connectivity index (χ1v) is 12.5. The molecule has 2 aromatic rings. The van der Waals surface area contributed by atoms with E-state index in [-0.39, 0.29) is 17.3 Å². The molecule has 0 aromatic heterocycles. The van der Waals surface area contributed by atoms with E-state index in [4.69, 9.17) is 4.74 Å². The lowest BCUT2D eigenvalue weighted by molar-refractivity contribution is 0.302. The molecule has 0 saturated heterocycles. The molecule has 1 aliphatic carbocycles. The van der Waals surface area contributed by atoms with Gasteiger partial charge in [-0.05, 0) is 68.1 Å². The number of unbranched alkanes of at least 4 members (excludes halogenated alkanes) is 5. The van der Waals surface area contributed by atoms with Gasteiger partial charge in [-0.25, -0.2) is 13.2 Å². The van der Waals surface area contributed by atoms with Crippen LogP contribution in [0.1, 0.15) is 93.7 Å². The highest BCUT2D eigenvalue weighted by atomic mass is 19.2. The molecule has 3 rings (SSSR count). The van der Waals surface area contributed by atoms with Gasteiger partial charge >= 0.3 is 0 Å². The second kappa shape index (κ2) is 12.9. The highest BCUT2D eigenvalue weighted by Gasteiger charge is 2.23. The van der Waals surface area contributed by atoms with Crippen molar-refractivity contribution < 1.29 is 17.9 Å². The first-order valence-electron chi connectivity index (χ1n) is 12.5. The topological polar surface area (TPSA) is 9.23 Å². The number of ether oxygens (including phenoxy) is 1. The van der Waals surface area contributed by atoms with Crippen LogP contribution in [0.25, 0.3) is 6.08 Å². The summed E-state index contributed by atoms with van der Waals surface area (Å²) in [4.78, 5) is 0. The van der Waals surface area contributed by atoms with Gasteiger partial charge in [0.05, 0.1) is 6.61 Å². The number of allylic oxidation sites excluding steroid dienone is 1. The normalized spacial score (nSPS) is 18.7. The van der Waals surface area contributed by atoms with Gasteiger partial charge in [0.1, 0.15) is 11.6 Å². The number of benzene rings is 2. The molecule has 0 atom stereocenters. The van der Waals surface area contributed by atoms with Crippen LogP contribution in [0.2, 0.25) is 0 Å². The Bertz CT molecular complexity index is 913. The molecule has 0 aliphatic heterocycles. The van der Waals surface area contributed by atoms with Crippen LogP contribution >= 0.6 is 0 Å². The summed E-state index contributed by atoms with van der Waals surface area (Å²) in [6.45, 7) is 4.40. The third-order valence-corrected chi connectivity index (χ3v) is 6.80. The Morgan fingerprint density at radius 1 is 0.879 bits per heavy atom. The van der Waals surface area contributed by atoms with Gasteiger partial charge in [-0.1, -0.05) is 69.4 Å². The van der Waals surface area contributed by atoms with Crippen LogP contribution in [-0.2, 0) is 0 Å². The van der Waals surface area contributed by atoms with Crippen LogP contribution in [0.5, 0.6) is 5.75 Å². The first kappa shape index (κ1) is 25.4. The molecule has 0 unspecified atom stereocenters. The number of halogens is 3. The molecule has 0 radical (unpaired) electrons. The minimum atomic E-state index is -0.791. The van der Waals surface area contributed by atoms with Crippen LogP contribution in [-0.4, -0.2) is 6.61 Å². The summed E-state index contributed by atoms with van der Waals surface area (Å²) in [6, 6.07) is 8.49. The van der Waals surface area contributed by atoms with Gasteiger partial charge in [0.2, 0.25) is 0 Å². The second-order valence-electron chi connectivity index (χ2n) is 9.37. The average molecular weight is 459 g/mol. The van der Waals surface area contributed by atoms with E-state index >= 15 is 0 Å². The third-order valence-electron chi connectivity index (χ3n) is 6.80. The van der Waals surface area contributed by atoms with Gasteiger partial charge < -0.3 is 4.74 Å². The molecule has 0 amide bonds. The highest BCUT2D eigenvalue weighted by molar-refractivity contribution is 5.51. The van der Waals surface area contributed by atoms with Gasteiger partial charge in [-0.3, -0.25) is 0 Å². The minimum Gasteiger partial charge on any atom is -0.493 e. The van der Waals surface area contributed by atoms with Crippen molar-refractivity contribution >= 4 is 6.08 Å². The zero-order valence-electron chi connectivity index (χ0n) is 20.0. The fourth-order valence-electron chi connectivity index (χ4n) is 4.65. The molecular weight excluding hydrogens is 421 g/mol. The summed E-state index contributed by atoms with van der Waals surface area (Å²) >= 11 is 0. The summed E-state index contributed by atoms with van der Waals surface area (Å²) in [6.07, 6.45) is 14.4. The largest absolute Gasteiger partial charge is 0.493 e. The van der Waals surface area contributed by atoms with Gasteiger partial charge in [-0.2, -0.15) is 0 Å². The lowest BCUT2D eigenvalue weighted by atomic mass is 9.78. The Balaban J connectivity index is 1.46. The van der Waals surface area contributed by atoms with E-state index in [1.165, 1.54) is 31.7 Å². The standard InChI is InChI=1S/C29H37F3O/c1-3-4-5-6-7-8-19-33-25-17-18-26(27(30)20-25)23-14-10-22(11-15-23)12-16-24-13-9-21(2)28(31)29(24)32/h9,12-13,16-18,20,22-23H,3-8,10-11,14-15,19H2,1-2H3/b16-12+. The van der Waals surface area contributed by atoms with Gasteiger partial charge in [0.15, 0.2) is 11.6 Å². The molecule has 0 spiro atoms. The second-order valence-corrected chi connectivity index (χ2v) is 9.37. The van der Waals surface area contributed by atoms with E-state index in [9.17, 15) is 13.2 Å². The molecule has 0 bridgehead atoms. The highest BCUT2D eigenvalue weighted by Crippen LogP contribution is 2.38. The Morgan fingerprint density at radius 2 is 1.61 bits per heavy atom. The Kier molecular flexibility index (Phi) is 9.90. The lowest BCUT2D eigenvalue weighted by Crippen LogP contribution is -2.13. The molecule has 1 fully saturated rings. The van der Waals surface area contributed by atoms with Crippen LogP contribution < -0.4 is 4.74 Å². The SMILES string of the molecule is CCCCCCCCOc1ccc(C2CCC(/C=C/c3ccc(C)c(F)c3F)CC2)c(F)c1. The zero-order chi connectivity index (χ0) is 23.6. The van der Waals surface area contributed by atoms with Crippen LogP contribution in [0.3, 0.4) is 0 Å². The van der Waals surface area contributed by atoms with Crippen molar-refractivity contribution in [2.24, 2.45) is 5.92 Å². The van der Waals surface area contributed by atoms with E-state index in [0.717, 1.165) is 44.1 Å². The summed E-state index contributed by atoms with van der Waals surface area (Å²) in [5.74, 6) is -0.666. The van der Waals surface area contributed by atoms with Crippen LogP contribution in [0.15, 0.2) is 36.4 Å². The maximum atomic E-state index is 14.8. The molecule has 1 aliphatic rings. The quantitative estimate of drug-likeness (QED) is 0.305. The first-order chi connectivity index (χ1) is 16.0. The number of hydrogen-bond acceptors (Lipinski definition) is 1. The third kappa shape index (κ3) is 7.38.